The lowest BCUT2D eigenvalue weighted by atomic mass is 10.1. The van der Waals surface area contributed by atoms with Crippen LogP contribution in [-0.2, 0) is 4.74 Å². The third-order valence-corrected chi connectivity index (χ3v) is 2.31. The molecule has 0 aromatic heterocycles. The van der Waals surface area contributed by atoms with E-state index in [1.807, 2.05) is 0 Å². The summed E-state index contributed by atoms with van der Waals surface area (Å²) in [5, 5.41) is 6.82. The minimum Gasteiger partial charge on any atom is -0.383 e. The van der Waals surface area contributed by atoms with Crippen LogP contribution in [0.25, 0.3) is 0 Å². The quantitative estimate of drug-likeness (QED) is 0.568. The number of nitrogens with one attached hydrogen (secondary N) is 2. The van der Waals surface area contributed by atoms with Crippen molar-refractivity contribution in [2.75, 3.05) is 33.4 Å². The van der Waals surface area contributed by atoms with Crippen molar-refractivity contribution in [3.05, 3.63) is 0 Å². The van der Waals surface area contributed by atoms with Crippen LogP contribution in [0.15, 0.2) is 0 Å². The summed E-state index contributed by atoms with van der Waals surface area (Å²) in [4.78, 5) is 0. The number of ether oxygens (including phenoxy) is 1. The Balaban J connectivity index is 1.81. The summed E-state index contributed by atoms with van der Waals surface area (Å²) in [5.74, 6) is 0. The fourth-order valence-corrected chi connectivity index (χ4v) is 1.58. The van der Waals surface area contributed by atoms with Gasteiger partial charge in [0.15, 0.2) is 0 Å². The van der Waals surface area contributed by atoms with Gasteiger partial charge in [0.25, 0.3) is 0 Å². The molecular weight excluding hydrogens is 152 g/mol. The number of hydrogen-bond acceptors (Lipinski definition) is 3. The van der Waals surface area contributed by atoms with Gasteiger partial charge >= 0.3 is 0 Å². The molecule has 0 aliphatic carbocycles. The van der Waals surface area contributed by atoms with Crippen LogP contribution in [-0.4, -0.2) is 39.4 Å². The first-order valence-electron chi connectivity index (χ1n) is 4.86. The van der Waals surface area contributed by atoms with Gasteiger partial charge in [-0.1, -0.05) is 0 Å². The summed E-state index contributed by atoms with van der Waals surface area (Å²) in [6.45, 7) is 4.12. The molecule has 0 aromatic rings. The summed E-state index contributed by atoms with van der Waals surface area (Å²) in [7, 11) is 1.74. The number of hydrogen-bond donors (Lipinski definition) is 2. The van der Waals surface area contributed by atoms with Gasteiger partial charge in [0.05, 0.1) is 6.61 Å². The van der Waals surface area contributed by atoms with Crippen molar-refractivity contribution in [2.45, 2.75) is 25.3 Å². The first-order valence-corrected chi connectivity index (χ1v) is 4.86. The van der Waals surface area contributed by atoms with Gasteiger partial charge in [-0.3, -0.25) is 0 Å². The average molecular weight is 172 g/mol. The molecule has 1 unspecified atom stereocenters. The normalized spacial score (nSPS) is 23.2. The van der Waals surface area contributed by atoms with Gasteiger partial charge in [0.2, 0.25) is 0 Å². The Morgan fingerprint density at radius 1 is 1.50 bits per heavy atom. The molecule has 1 rings (SSSR count). The van der Waals surface area contributed by atoms with Crippen LogP contribution >= 0.6 is 0 Å². The molecule has 0 bridgehead atoms. The van der Waals surface area contributed by atoms with Crippen molar-refractivity contribution in [3.8, 4) is 0 Å². The largest absolute Gasteiger partial charge is 0.383 e. The van der Waals surface area contributed by atoms with Crippen molar-refractivity contribution >= 4 is 0 Å². The lowest BCUT2D eigenvalue weighted by molar-refractivity contribution is 0.199. The second kappa shape index (κ2) is 6.40. The van der Waals surface area contributed by atoms with Crippen LogP contribution < -0.4 is 10.6 Å². The Bertz CT molecular complexity index is 103. The Kier molecular flexibility index (Phi) is 5.32. The van der Waals surface area contributed by atoms with Gasteiger partial charge in [-0.15, -0.1) is 0 Å². The highest BCUT2D eigenvalue weighted by atomic mass is 16.5. The van der Waals surface area contributed by atoms with Gasteiger partial charge in [0.1, 0.15) is 0 Å². The zero-order chi connectivity index (χ0) is 8.65. The Morgan fingerprint density at radius 3 is 3.08 bits per heavy atom. The SMILES string of the molecule is COCCNCCC1CCCN1. The van der Waals surface area contributed by atoms with E-state index in [0.29, 0.717) is 0 Å². The van der Waals surface area contributed by atoms with Crippen LogP contribution in [0.2, 0.25) is 0 Å². The van der Waals surface area contributed by atoms with Crippen LogP contribution in [0.5, 0.6) is 0 Å². The molecule has 0 amide bonds. The van der Waals surface area contributed by atoms with Gasteiger partial charge in [-0.05, 0) is 32.4 Å². The highest BCUT2D eigenvalue weighted by molar-refractivity contribution is 4.74. The Morgan fingerprint density at radius 2 is 2.42 bits per heavy atom. The van der Waals surface area contributed by atoms with Gasteiger partial charge in [-0.2, -0.15) is 0 Å². The first-order chi connectivity index (χ1) is 5.93. The summed E-state index contributed by atoms with van der Waals surface area (Å²) >= 11 is 0. The van der Waals surface area contributed by atoms with E-state index in [2.05, 4.69) is 10.6 Å². The predicted molar refractivity (Wildman–Crippen MR) is 50.4 cm³/mol. The number of methoxy groups -OCH3 is 1. The highest BCUT2D eigenvalue weighted by Gasteiger charge is 2.12. The van der Waals surface area contributed by atoms with Crippen LogP contribution in [0.4, 0.5) is 0 Å². The zero-order valence-electron chi connectivity index (χ0n) is 7.94. The molecule has 1 saturated heterocycles. The van der Waals surface area contributed by atoms with E-state index in [9.17, 15) is 0 Å². The van der Waals surface area contributed by atoms with Crippen molar-refractivity contribution in [2.24, 2.45) is 0 Å². The second-order valence-corrected chi connectivity index (χ2v) is 3.32. The minimum absolute atomic E-state index is 0.764. The molecule has 72 valence electrons. The zero-order valence-corrected chi connectivity index (χ0v) is 7.94. The predicted octanol–water partition coefficient (Wildman–Crippen LogP) is 0.364. The lowest BCUT2D eigenvalue weighted by Gasteiger charge is -2.09. The molecule has 1 atom stereocenters. The van der Waals surface area contributed by atoms with Crippen LogP contribution in [0.1, 0.15) is 19.3 Å². The van der Waals surface area contributed by atoms with E-state index in [1.165, 1.54) is 25.8 Å². The first kappa shape index (κ1) is 9.96. The fourth-order valence-electron chi connectivity index (χ4n) is 1.58. The molecule has 12 heavy (non-hydrogen) atoms. The third kappa shape index (κ3) is 4.04. The van der Waals surface area contributed by atoms with Gasteiger partial charge < -0.3 is 15.4 Å². The third-order valence-electron chi connectivity index (χ3n) is 2.31. The van der Waals surface area contributed by atoms with E-state index in [1.54, 1.807) is 7.11 Å². The number of rotatable bonds is 6. The standard InChI is InChI=1S/C9H20N2O/c1-12-8-7-10-6-4-9-3-2-5-11-9/h9-11H,2-8H2,1H3. The Labute approximate surface area is 74.9 Å². The summed E-state index contributed by atoms with van der Waals surface area (Å²) in [5.41, 5.74) is 0. The monoisotopic (exact) mass is 172 g/mol. The molecule has 3 heteroatoms. The molecule has 1 aliphatic heterocycles. The topological polar surface area (TPSA) is 33.3 Å². The maximum absolute atomic E-state index is 4.94. The van der Waals surface area contributed by atoms with Crippen LogP contribution in [0, 0.1) is 0 Å². The van der Waals surface area contributed by atoms with Gasteiger partial charge in [-0.25, -0.2) is 0 Å². The maximum Gasteiger partial charge on any atom is 0.0587 e. The second-order valence-electron chi connectivity index (χ2n) is 3.32. The Hall–Kier alpha value is -0.120. The molecule has 3 nitrogen and oxygen atoms in total. The maximum atomic E-state index is 4.94. The van der Waals surface area contributed by atoms with E-state index in [0.717, 1.165) is 25.7 Å². The van der Waals surface area contributed by atoms with E-state index < -0.39 is 0 Å². The molecule has 0 radical (unpaired) electrons. The molecule has 0 aromatic carbocycles. The fraction of sp³-hybridized carbons (Fsp3) is 1.00. The summed E-state index contributed by atoms with van der Waals surface area (Å²) < 4.78 is 4.94. The summed E-state index contributed by atoms with van der Waals surface area (Å²) in [6.07, 6.45) is 3.96. The van der Waals surface area contributed by atoms with E-state index in [-0.39, 0.29) is 0 Å². The van der Waals surface area contributed by atoms with E-state index >= 15 is 0 Å². The lowest BCUT2D eigenvalue weighted by Crippen LogP contribution is -2.28. The van der Waals surface area contributed by atoms with Crippen LogP contribution in [0.3, 0.4) is 0 Å². The smallest absolute Gasteiger partial charge is 0.0587 e. The van der Waals surface area contributed by atoms with Crippen molar-refractivity contribution in [1.29, 1.82) is 0 Å². The molecule has 2 N–H and O–H groups in total. The molecular formula is C9H20N2O. The van der Waals surface area contributed by atoms with E-state index in [4.69, 9.17) is 4.74 Å². The summed E-state index contributed by atoms with van der Waals surface area (Å²) in [6, 6.07) is 0.764. The molecule has 0 spiro atoms. The van der Waals surface area contributed by atoms with Crippen molar-refractivity contribution in [3.63, 3.8) is 0 Å². The molecule has 0 saturated carbocycles. The molecule has 1 aliphatic rings. The average Bonchev–Trinajstić information content (AvgIpc) is 2.57. The molecule has 1 heterocycles. The minimum atomic E-state index is 0.764. The van der Waals surface area contributed by atoms with Crippen molar-refractivity contribution in [1.82, 2.24) is 10.6 Å². The molecule has 1 fully saturated rings. The highest BCUT2D eigenvalue weighted by Crippen LogP contribution is 2.07. The van der Waals surface area contributed by atoms with Gasteiger partial charge in [0, 0.05) is 19.7 Å². The van der Waals surface area contributed by atoms with Crippen molar-refractivity contribution < 1.29 is 4.74 Å².